The second-order valence-electron chi connectivity index (χ2n) is 6.08. The molecule has 2 amide bonds. The molecule has 0 spiro atoms. The van der Waals surface area contributed by atoms with Crippen molar-refractivity contribution < 1.29 is 14.3 Å². The van der Waals surface area contributed by atoms with Crippen LogP contribution in [-0.4, -0.2) is 37.2 Å². The Labute approximate surface area is 131 Å². The lowest BCUT2D eigenvalue weighted by Crippen LogP contribution is -2.38. The first-order valence-corrected chi connectivity index (χ1v) is 7.27. The van der Waals surface area contributed by atoms with Crippen LogP contribution in [0.1, 0.15) is 38.1 Å². The van der Waals surface area contributed by atoms with Crippen molar-refractivity contribution in [1.82, 2.24) is 10.6 Å². The first kappa shape index (κ1) is 17.8. The highest BCUT2D eigenvalue weighted by atomic mass is 16.6. The summed E-state index contributed by atoms with van der Waals surface area (Å²) in [5, 5.41) is 8.52. The van der Waals surface area contributed by atoms with E-state index in [2.05, 4.69) is 16.0 Å². The van der Waals surface area contributed by atoms with E-state index in [0.717, 1.165) is 5.69 Å². The van der Waals surface area contributed by atoms with Gasteiger partial charge >= 0.3 is 6.09 Å². The molecule has 1 unspecified atom stereocenters. The maximum Gasteiger partial charge on any atom is 0.407 e. The smallest absolute Gasteiger partial charge is 0.407 e. The second-order valence-corrected chi connectivity index (χ2v) is 6.08. The summed E-state index contributed by atoms with van der Waals surface area (Å²) in [7, 11) is 1.60. The third-order valence-electron chi connectivity index (χ3n) is 2.74. The van der Waals surface area contributed by atoms with Crippen LogP contribution in [0.25, 0.3) is 0 Å². The predicted molar refractivity (Wildman–Crippen MR) is 87.2 cm³/mol. The third kappa shape index (κ3) is 6.47. The minimum atomic E-state index is -0.504. The van der Waals surface area contributed by atoms with Crippen LogP contribution in [0.2, 0.25) is 0 Å². The van der Waals surface area contributed by atoms with Gasteiger partial charge in [0, 0.05) is 30.9 Å². The summed E-state index contributed by atoms with van der Waals surface area (Å²) in [6.45, 7) is 7.85. The van der Waals surface area contributed by atoms with E-state index < -0.39 is 11.7 Å². The molecule has 0 radical (unpaired) electrons. The molecule has 1 aromatic carbocycles. The standard InChI is InChI=1S/C16H25N3O3/c1-11(10-18-15(21)22-16(2,3)4)19-13-8-6-12(7-9-13)14(20)17-5/h6-9,11,19H,10H2,1-5H3,(H,17,20)(H,18,21). The van der Waals surface area contributed by atoms with Gasteiger partial charge in [-0.3, -0.25) is 4.79 Å². The maximum absolute atomic E-state index is 11.6. The quantitative estimate of drug-likeness (QED) is 0.780. The number of ether oxygens (including phenoxy) is 1. The van der Waals surface area contributed by atoms with E-state index >= 15 is 0 Å². The van der Waals surface area contributed by atoms with E-state index in [-0.39, 0.29) is 11.9 Å². The van der Waals surface area contributed by atoms with Crippen molar-refractivity contribution in [3.8, 4) is 0 Å². The molecule has 0 aromatic heterocycles. The van der Waals surface area contributed by atoms with Gasteiger partial charge in [0.1, 0.15) is 5.60 Å². The fourth-order valence-corrected chi connectivity index (χ4v) is 1.75. The predicted octanol–water partition coefficient (Wildman–Crippen LogP) is 2.37. The number of carbonyl (C=O) groups excluding carboxylic acids is 2. The van der Waals surface area contributed by atoms with Crippen molar-refractivity contribution >= 4 is 17.7 Å². The first-order chi connectivity index (χ1) is 10.2. The molecule has 6 nitrogen and oxygen atoms in total. The monoisotopic (exact) mass is 307 g/mol. The lowest BCUT2D eigenvalue weighted by atomic mass is 10.2. The van der Waals surface area contributed by atoms with Crippen LogP contribution in [0.15, 0.2) is 24.3 Å². The number of nitrogens with one attached hydrogen (secondary N) is 3. The average Bonchev–Trinajstić information content (AvgIpc) is 2.43. The summed E-state index contributed by atoms with van der Waals surface area (Å²) in [6, 6.07) is 7.17. The molecular weight excluding hydrogens is 282 g/mol. The van der Waals surface area contributed by atoms with Crippen LogP contribution in [0.3, 0.4) is 0 Å². The minimum Gasteiger partial charge on any atom is -0.444 e. The Kier molecular flexibility index (Phi) is 6.22. The number of benzene rings is 1. The highest BCUT2D eigenvalue weighted by Gasteiger charge is 2.16. The lowest BCUT2D eigenvalue weighted by Gasteiger charge is -2.21. The highest BCUT2D eigenvalue weighted by molar-refractivity contribution is 5.94. The number of rotatable bonds is 5. The van der Waals surface area contributed by atoms with E-state index in [1.807, 2.05) is 39.8 Å². The van der Waals surface area contributed by atoms with Crippen molar-refractivity contribution in [1.29, 1.82) is 0 Å². The molecular formula is C16H25N3O3. The number of alkyl carbamates (subject to hydrolysis) is 1. The van der Waals surface area contributed by atoms with Crippen molar-refractivity contribution in [2.75, 3.05) is 18.9 Å². The van der Waals surface area contributed by atoms with Crippen LogP contribution in [-0.2, 0) is 4.74 Å². The van der Waals surface area contributed by atoms with Gasteiger partial charge in [0.25, 0.3) is 5.91 Å². The maximum atomic E-state index is 11.6. The zero-order chi connectivity index (χ0) is 16.8. The van der Waals surface area contributed by atoms with Crippen LogP contribution in [0, 0.1) is 0 Å². The number of hydrogen-bond donors (Lipinski definition) is 3. The summed E-state index contributed by atoms with van der Waals surface area (Å²) in [4.78, 5) is 23.0. The Hall–Kier alpha value is -2.24. The van der Waals surface area contributed by atoms with Gasteiger partial charge in [0.15, 0.2) is 0 Å². The van der Waals surface area contributed by atoms with Crippen LogP contribution >= 0.6 is 0 Å². The molecule has 1 rings (SSSR count). The van der Waals surface area contributed by atoms with Gasteiger partial charge in [-0.15, -0.1) is 0 Å². The molecule has 6 heteroatoms. The summed E-state index contributed by atoms with van der Waals surface area (Å²) < 4.78 is 5.17. The third-order valence-corrected chi connectivity index (χ3v) is 2.74. The first-order valence-electron chi connectivity index (χ1n) is 7.27. The largest absolute Gasteiger partial charge is 0.444 e. The Bertz CT molecular complexity index is 506. The average molecular weight is 307 g/mol. The zero-order valence-corrected chi connectivity index (χ0v) is 13.8. The molecule has 0 saturated heterocycles. The van der Waals surface area contributed by atoms with E-state index in [1.165, 1.54) is 0 Å². The molecule has 0 aliphatic rings. The molecule has 22 heavy (non-hydrogen) atoms. The number of anilines is 1. The van der Waals surface area contributed by atoms with E-state index in [9.17, 15) is 9.59 Å². The van der Waals surface area contributed by atoms with Gasteiger partial charge in [-0.25, -0.2) is 4.79 Å². The molecule has 0 aliphatic heterocycles. The lowest BCUT2D eigenvalue weighted by molar-refractivity contribution is 0.0526. The molecule has 0 saturated carbocycles. The van der Waals surface area contributed by atoms with Crippen molar-refractivity contribution in [2.24, 2.45) is 0 Å². The molecule has 1 atom stereocenters. The Morgan fingerprint density at radius 3 is 2.27 bits per heavy atom. The Morgan fingerprint density at radius 1 is 1.18 bits per heavy atom. The number of carbonyl (C=O) groups is 2. The van der Waals surface area contributed by atoms with E-state index in [0.29, 0.717) is 12.1 Å². The van der Waals surface area contributed by atoms with Crippen LogP contribution in [0.4, 0.5) is 10.5 Å². The van der Waals surface area contributed by atoms with Gasteiger partial charge < -0.3 is 20.7 Å². The second kappa shape index (κ2) is 7.68. The van der Waals surface area contributed by atoms with E-state index in [4.69, 9.17) is 4.74 Å². The molecule has 0 heterocycles. The van der Waals surface area contributed by atoms with Gasteiger partial charge in [0.2, 0.25) is 0 Å². The van der Waals surface area contributed by atoms with Crippen LogP contribution in [0.5, 0.6) is 0 Å². The van der Waals surface area contributed by atoms with Gasteiger partial charge in [-0.05, 0) is 52.0 Å². The normalized spacial score (nSPS) is 12.2. The number of amides is 2. The van der Waals surface area contributed by atoms with Crippen molar-refractivity contribution in [2.45, 2.75) is 39.3 Å². The molecule has 0 bridgehead atoms. The molecule has 1 aromatic rings. The highest BCUT2D eigenvalue weighted by Crippen LogP contribution is 2.11. The van der Waals surface area contributed by atoms with Gasteiger partial charge in [-0.1, -0.05) is 0 Å². The summed E-state index contributed by atoms with van der Waals surface area (Å²) in [5.74, 6) is -0.119. The molecule has 3 N–H and O–H groups in total. The molecule has 0 fully saturated rings. The number of hydrogen-bond acceptors (Lipinski definition) is 4. The van der Waals surface area contributed by atoms with Gasteiger partial charge in [0.05, 0.1) is 0 Å². The summed E-state index contributed by atoms with van der Waals surface area (Å²) in [6.07, 6.45) is -0.434. The van der Waals surface area contributed by atoms with Gasteiger partial charge in [-0.2, -0.15) is 0 Å². The molecule has 122 valence electrons. The Balaban J connectivity index is 2.43. The summed E-state index contributed by atoms with van der Waals surface area (Å²) in [5.41, 5.74) is 0.981. The van der Waals surface area contributed by atoms with Crippen molar-refractivity contribution in [3.63, 3.8) is 0 Å². The fraction of sp³-hybridized carbons (Fsp3) is 0.500. The van der Waals surface area contributed by atoms with E-state index in [1.54, 1.807) is 19.2 Å². The van der Waals surface area contributed by atoms with Crippen molar-refractivity contribution in [3.05, 3.63) is 29.8 Å². The summed E-state index contributed by atoms with van der Waals surface area (Å²) >= 11 is 0. The minimum absolute atomic E-state index is 0.0263. The SMILES string of the molecule is CNC(=O)c1ccc(NC(C)CNC(=O)OC(C)(C)C)cc1. The van der Waals surface area contributed by atoms with Crippen LogP contribution < -0.4 is 16.0 Å². The topological polar surface area (TPSA) is 79.5 Å². The molecule has 0 aliphatic carbocycles. The Morgan fingerprint density at radius 2 is 1.77 bits per heavy atom. The zero-order valence-electron chi connectivity index (χ0n) is 13.8. The fourth-order valence-electron chi connectivity index (χ4n) is 1.75.